The van der Waals surface area contributed by atoms with Crippen molar-refractivity contribution in [1.82, 2.24) is 15.4 Å². The van der Waals surface area contributed by atoms with Gasteiger partial charge in [0.1, 0.15) is 5.76 Å². The molecular formula is C12H22ClN3O. The number of aromatic nitrogens is 1. The molecule has 0 spiro atoms. The molecule has 1 atom stereocenters. The molecule has 1 aliphatic rings. The molecule has 2 heterocycles. The van der Waals surface area contributed by atoms with Crippen LogP contribution in [0.1, 0.15) is 31.2 Å². The van der Waals surface area contributed by atoms with Gasteiger partial charge in [-0.1, -0.05) is 12.1 Å². The molecule has 5 heteroatoms. The van der Waals surface area contributed by atoms with Gasteiger partial charge in [-0.2, -0.15) is 0 Å². The molecule has 1 aromatic rings. The Balaban J connectivity index is 0.00000144. The van der Waals surface area contributed by atoms with Crippen molar-refractivity contribution in [1.29, 1.82) is 0 Å². The molecule has 1 unspecified atom stereocenters. The first-order chi connectivity index (χ1) is 7.79. The normalized spacial score (nSPS) is 19.6. The highest BCUT2D eigenvalue weighted by atomic mass is 35.5. The number of aryl methyl sites for hydroxylation is 1. The lowest BCUT2D eigenvalue weighted by molar-refractivity contribution is 0.194. The van der Waals surface area contributed by atoms with E-state index < -0.39 is 0 Å². The molecular weight excluding hydrogens is 238 g/mol. The second-order valence-electron chi connectivity index (χ2n) is 4.55. The van der Waals surface area contributed by atoms with Gasteiger partial charge in [0.15, 0.2) is 0 Å². The van der Waals surface area contributed by atoms with Gasteiger partial charge in [-0.25, -0.2) is 0 Å². The Morgan fingerprint density at radius 2 is 2.41 bits per heavy atom. The molecule has 1 fully saturated rings. The molecule has 0 saturated carbocycles. The predicted octanol–water partition coefficient (Wildman–Crippen LogP) is 1.98. The maximum absolute atomic E-state index is 5.11. The van der Waals surface area contributed by atoms with Crippen molar-refractivity contribution in [2.45, 2.75) is 39.3 Å². The summed E-state index contributed by atoms with van der Waals surface area (Å²) in [6.07, 6.45) is 2.43. The van der Waals surface area contributed by atoms with Gasteiger partial charge in [0.05, 0.1) is 5.69 Å². The molecule has 0 aromatic carbocycles. The minimum absolute atomic E-state index is 0. The fourth-order valence-electron chi connectivity index (χ4n) is 2.33. The summed E-state index contributed by atoms with van der Waals surface area (Å²) in [4.78, 5) is 2.51. The van der Waals surface area contributed by atoms with Gasteiger partial charge in [0.2, 0.25) is 0 Å². The fraction of sp³-hybridized carbons (Fsp3) is 0.750. The quantitative estimate of drug-likeness (QED) is 0.878. The molecule has 0 radical (unpaired) electrons. The van der Waals surface area contributed by atoms with Gasteiger partial charge < -0.3 is 9.84 Å². The zero-order valence-electron chi connectivity index (χ0n) is 10.6. The van der Waals surface area contributed by atoms with E-state index in [4.69, 9.17) is 4.52 Å². The van der Waals surface area contributed by atoms with E-state index in [0.717, 1.165) is 37.6 Å². The van der Waals surface area contributed by atoms with Gasteiger partial charge in [0, 0.05) is 25.2 Å². The van der Waals surface area contributed by atoms with E-state index in [1.165, 1.54) is 12.8 Å². The smallest absolute Gasteiger partial charge is 0.133 e. The third-order valence-corrected chi connectivity index (χ3v) is 3.10. The standard InChI is InChI=1S/C12H21N3O.ClH/c1-3-6-15(12-4-5-13-8-12)9-11-7-10(2)16-14-11;/h7,12-13H,3-6,8-9H2,1-2H3;1H. The summed E-state index contributed by atoms with van der Waals surface area (Å²) in [5, 5.41) is 7.49. The zero-order valence-corrected chi connectivity index (χ0v) is 11.4. The second kappa shape index (κ2) is 6.99. The molecule has 17 heavy (non-hydrogen) atoms. The average Bonchev–Trinajstić information content (AvgIpc) is 2.88. The molecule has 4 nitrogen and oxygen atoms in total. The van der Waals surface area contributed by atoms with Crippen molar-refractivity contribution in [2.75, 3.05) is 19.6 Å². The molecule has 2 rings (SSSR count). The lowest BCUT2D eigenvalue weighted by Crippen LogP contribution is -2.37. The topological polar surface area (TPSA) is 41.3 Å². The monoisotopic (exact) mass is 259 g/mol. The number of nitrogens with one attached hydrogen (secondary N) is 1. The number of halogens is 1. The molecule has 0 bridgehead atoms. The van der Waals surface area contributed by atoms with Crippen molar-refractivity contribution < 1.29 is 4.52 Å². The van der Waals surface area contributed by atoms with Crippen molar-refractivity contribution in [3.05, 3.63) is 17.5 Å². The predicted molar refractivity (Wildman–Crippen MR) is 70.5 cm³/mol. The van der Waals surface area contributed by atoms with Gasteiger partial charge in [0.25, 0.3) is 0 Å². The molecule has 1 aromatic heterocycles. The van der Waals surface area contributed by atoms with Crippen LogP contribution in [0.2, 0.25) is 0 Å². The number of hydrogen-bond acceptors (Lipinski definition) is 4. The van der Waals surface area contributed by atoms with E-state index in [9.17, 15) is 0 Å². The van der Waals surface area contributed by atoms with E-state index >= 15 is 0 Å². The van der Waals surface area contributed by atoms with Crippen LogP contribution in [-0.2, 0) is 6.54 Å². The zero-order chi connectivity index (χ0) is 11.4. The summed E-state index contributed by atoms with van der Waals surface area (Å²) >= 11 is 0. The first-order valence-corrected chi connectivity index (χ1v) is 6.16. The summed E-state index contributed by atoms with van der Waals surface area (Å²) in [6.45, 7) is 8.47. The Morgan fingerprint density at radius 1 is 1.59 bits per heavy atom. The Bertz CT molecular complexity index is 323. The van der Waals surface area contributed by atoms with Crippen molar-refractivity contribution in [2.24, 2.45) is 0 Å². The summed E-state index contributed by atoms with van der Waals surface area (Å²) in [7, 11) is 0. The molecule has 1 N–H and O–H groups in total. The number of rotatable bonds is 5. The van der Waals surface area contributed by atoms with Crippen LogP contribution >= 0.6 is 12.4 Å². The third-order valence-electron chi connectivity index (χ3n) is 3.10. The van der Waals surface area contributed by atoms with Crippen LogP contribution in [0.3, 0.4) is 0 Å². The first kappa shape index (κ1) is 14.5. The maximum atomic E-state index is 5.11. The van der Waals surface area contributed by atoms with E-state index in [0.29, 0.717) is 6.04 Å². The highest BCUT2D eigenvalue weighted by Crippen LogP contribution is 2.13. The average molecular weight is 260 g/mol. The molecule has 1 saturated heterocycles. The van der Waals surface area contributed by atoms with Crippen LogP contribution in [0, 0.1) is 6.92 Å². The van der Waals surface area contributed by atoms with E-state index in [1.807, 2.05) is 13.0 Å². The van der Waals surface area contributed by atoms with Crippen LogP contribution in [0.15, 0.2) is 10.6 Å². The van der Waals surface area contributed by atoms with E-state index in [-0.39, 0.29) is 12.4 Å². The lowest BCUT2D eigenvalue weighted by Gasteiger charge is -2.26. The Hall–Kier alpha value is -0.580. The van der Waals surface area contributed by atoms with E-state index in [2.05, 4.69) is 22.3 Å². The van der Waals surface area contributed by atoms with Crippen LogP contribution < -0.4 is 5.32 Å². The summed E-state index contributed by atoms with van der Waals surface area (Å²) in [5.74, 6) is 0.899. The lowest BCUT2D eigenvalue weighted by atomic mass is 10.2. The highest BCUT2D eigenvalue weighted by molar-refractivity contribution is 5.85. The van der Waals surface area contributed by atoms with E-state index in [1.54, 1.807) is 0 Å². The van der Waals surface area contributed by atoms with Gasteiger partial charge in [-0.15, -0.1) is 12.4 Å². The maximum Gasteiger partial charge on any atom is 0.133 e. The molecule has 98 valence electrons. The summed E-state index contributed by atoms with van der Waals surface area (Å²) < 4.78 is 5.11. The largest absolute Gasteiger partial charge is 0.361 e. The van der Waals surface area contributed by atoms with Crippen LogP contribution in [0.5, 0.6) is 0 Å². The molecule has 1 aliphatic heterocycles. The van der Waals surface area contributed by atoms with Crippen molar-refractivity contribution in [3.8, 4) is 0 Å². The van der Waals surface area contributed by atoms with Crippen molar-refractivity contribution in [3.63, 3.8) is 0 Å². The second-order valence-corrected chi connectivity index (χ2v) is 4.55. The Labute approximate surface area is 109 Å². The van der Waals surface area contributed by atoms with Crippen LogP contribution in [-0.4, -0.2) is 35.7 Å². The minimum atomic E-state index is 0. The molecule has 0 amide bonds. The SMILES string of the molecule is CCCN(Cc1cc(C)on1)C1CCNC1.Cl. The first-order valence-electron chi connectivity index (χ1n) is 6.16. The fourth-order valence-corrected chi connectivity index (χ4v) is 2.33. The minimum Gasteiger partial charge on any atom is -0.361 e. The van der Waals surface area contributed by atoms with Gasteiger partial charge in [-0.05, 0) is 32.9 Å². The number of nitrogens with zero attached hydrogens (tertiary/aromatic N) is 2. The van der Waals surface area contributed by atoms with Gasteiger partial charge in [-0.3, -0.25) is 4.90 Å². The van der Waals surface area contributed by atoms with Crippen LogP contribution in [0.25, 0.3) is 0 Å². The van der Waals surface area contributed by atoms with Crippen molar-refractivity contribution >= 4 is 12.4 Å². The molecule has 0 aliphatic carbocycles. The Kier molecular flexibility index (Phi) is 5.95. The Morgan fingerprint density at radius 3 is 2.94 bits per heavy atom. The number of hydrogen-bond donors (Lipinski definition) is 1. The summed E-state index contributed by atoms with van der Waals surface area (Å²) in [6, 6.07) is 2.70. The summed E-state index contributed by atoms with van der Waals surface area (Å²) in [5.41, 5.74) is 1.05. The highest BCUT2D eigenvalue weighted by Gasteiger charge is 2.22. The third kappa shape index (κ3) is 3.98. The van der Waals surface area contributed by atoms with Gasteiger partial charge >= 0.3 is 0 Å². The van der Waals surface area contributed by atoms with Crippen LogP contribution in [0.4, 0.5) is 0 Å².